The van der Waals surface area contributed by atoms with Crippen LogP contribution in [-0.2, 0) is 0 Å². The predicted octanol–water partition coefficient (Wildman–Crippen LogP) is 4.38. The molecule has 2 unspecified atom stereocenters. The van der Waals surface area contributed by atoms with Gasteiger partial charge < -0.3 is 9.73 Å². The van der Waals surface area contributed by atoms with Crippen LogP contribution in [0.15, 0.2) is 28.7 Å². The molecule has 0 bridgehead atoms. The molecule has 1 aromatic carbocycles. The van der Waals surface area contributed by atoms with Crippen molar-refractivity contribution in [2.45, 2.75) is 51.5 Å². The quantitative estimate of drug-likeness (QED) is 0.883. The van der Waals surface area contributed by atoms with Gasteiger partial charge >= 0.3 is 0 Å². The van der Waals surface area contributed by atoms with E-state index >= 15 is 0 Å². The summed E-state index contributed by atoms with van der Waals surface area (Å²) in [6.07, 6.45) is 5.18. The first-order valence-corrected chi connectivity index (χ1v) is 7.51. The number of furan rings is 1. The number of benzene rings is 1. The highest BCUT2D eigenvalue weighted by atomic mass is 16.3. The minimum Gasteiger partial charge on any atom is -0.461 e. The first-order valence-electron chi connectivity index (χ1n) is 7.51. The van der Waals surface area contributed by atoms with Crippen LogP contribution < -0.4 is 5.32 Å². The van der Waals surface area contributed by atoms with Crippen molar-refractivity contribution in [3.63, 3.8) is 0 Å². The van der Waals surface area contributed by atoms with Gasteiger partial charge in [-0.1, -0.05) is 31.4 Å². The minimum absolute atomic E-state index is 0.543. The average molecular weight is 257 g/mol. The van der Waals surface area contributed by atoms with Crippen LogP contribution in [0.3, 0.4) is 0 Å². The summed E-state index contributed by atoms with van der Waals surface area (Å²) in [6, 6.07) is 9.27. The molecule has 1 aromatic heterocycles. The highest BCUT2D eigenvalue weighted by molar-refractivity contribution is 5.78. The van der Waals surface area contributed by atoms with E-state index < -0.39 is 0 Å². The van der Waals surface area contributed by atoms with Gasteiger partial charge in [0.05, 0.1) is 0 Å². The van der Waals surface area contributed by atoms with E-state index in [0.717, 1.165) is 12.1 Å². The second kappa shape index (κ2) is 5.38. The van der Waals surface area contributed by atoms with Gasteiger partial charge in [0, 0.05) is 17.3 Å². The highest BCUT2D eigenvalue weighted by Gasteiger charge is 2.28. The minimum atomic E-state index is 0.543. The number of rotatable bonds is 3. The number of nitrogens with one attached hydrogen (secondary N) is 1. The van der Waals surface area contributed by atoms with Gasteiger partial charge in [0.25, 0.3) is 0 Å². The molecular weight excluding hydrogens is 234 g/mol. The van der Waals surface area contributed by atoms with Gasteiger partial charge in [-0.15, -0.1) is 0 Å². The van der Waals surface area contributed by atoms with Crippen molar-refractivity contribution in [2.75, 3.05) is 6.54 Å². The van der Waals surface area contributed by atoms with Crippen molar-refractivity contribution in [1.29, 1.82) is 0 Å². The first-order chi connectivity index (χ1) is 9.28. The lowest BCUT2D eigenvalue weighted by molar-refractivity contribution is 0.301. The number of hydrogen-bond acceptors (Lipinski definition) is 2. The van der Waals surface area contributed by atoms with Crippen molar-refractivity contribution >= 4 is 11.0 Å². The molecule has 1 saturated carbocycles. The molecule has 0 amide bonds. The monoisotopic (exact) mass is 257 g/mol. The van der Waals surface area contributed by atoms with Crippen molar-refractivity contribution < 1.29 is 4.42 Å². The SMILES string of the molecule is CCNC1CCCCC1c1cc2cc(C)ccc2o1. The van der Waals surface area contributed by atoms with E-state index in [2.05, 4.69) is 43.4 Å². The van der Waals surface area contributed by atoms with E-state index in [0.29, 0.717) is 12.0 Å². The standard InChI is InChI=1S/C17H23NO/c1-3-18-15-7-5-4-6-14(15)17-11-13-10-12(2)8-9-16(13)19-17/h8-11,14-15,18H,3-7H2,1-2H3. The molecule has 1 aliphatic rings. The lowest BCUT2D eigenvalue weighted by Crippen LogP contribution is -2.36. The topological polar surface area (TPSA) is 25.2 Å². The number of aryl methyl sites for hydroxylation is 1. The second-order valence-electron chi connectivity index (χ2n) is 5.75. The third kappa shape index (κ3) is 2.55. The Hall–Kier alpha value is -1.28. The second-order valence-corrected chi connectivity index (χ2v) is 5.75. The molecule has 0 spiro atoms. The van der Waals surface area contributed by atoms with Gasteiger partial charge in [-0.3, -0.25) is 0 Å². The molecule has 2 aromatic rings. The molecule has 19 heavy (non-hydrogen) atoms. The fourth-order valence-electron chi connectivity index (χ4n) is 3.34. The largest absolute Gasteiger partial charge is 0.461 e. The van der Waals surface area contributed by atoms with Gasteiger partial charge in [-0.25, -0.2) is 0 Å². The predicted molar refractivity (Wildman–Crippen MR) is 79.6 cm³/mol. The van der Waals surface area contributed by atoms with Crippen molar-refractivity contribution in [1.82, 2.24) is 5.32 Å². The molecule has 1 fully saturated rings. The first kappa shape index (κ1) is 12.7. The normalized spacial score (nSPS) is 23.9. The summed E-state index contributed by atoms with van der Waals surface area (Å²) in [7, 11) is 0. The zero-order chi connectivity index (χ0) is 13.2. The number of hydrogen-bond donors (Lipinski definition) is 1. The maximum absolute atomic E-state index is 6.10. The molecule has 2 heteroatoms. The molecular formula is C17H23NO. The zero-order valence-electron chi connectivity index (χ0n) is 11.9. The van der Waals surface area contributed by atoms with Gasteiger partial charge in [0.15, 0.2) is 0 Å². The van der Waals surface area contributed by atoms with E-state index in [1.165, 1.54) is 42.4 Å². The van der Waals surface area contributed by atoms with Crippen molar-refractivity contribution in [3.05, 3.63) is 35.6 Å². The summed E-state index contributed by atoms with van der Waals surface area (Å²) < 4.78 is 6.10. The van der Waals surface area contributed by atoms with Crippen LogP contribution >= 0.6 is 0 Å². The van der Waals surface area contributed by atoms with Crippen LogP contribution in [0.5, 0.6) is 0 Å². The zero-order valence-corrected chi connectivity index (χ0v) is 11.9. The molecule has 1 heterocycles. The molecule has 3 rings (SSSR count). The molecule has 2 nitrogen and oxygen atoms in total. The highest BCUT2D eigenvalue weighted by Crippen LogP contribution is 2.36. The van der Waals surface area contributed by atoms with Gasteiger partial charge in [-0.05, 0) is 44.5 Å². The number of fused-ring (bicyclic) bond motifs is 1. The molecule has 2 atom stereocenters. The van der Waals surface area contributed by atoms with Crippen LogP contribution in [0.2, 0.25) is 0 Å². The van der Waals surface area contributed by atoms with Gasteiger partial charge in [0.1, 0.15) is 11.3 Å². The Bertz CT molecular complexity index is 555. The van der Waals surface area contributed by atoms with Crippen LogP contribution in [0.4, 0.5) is 0 Å². The lowest BCUT2D eigenvalue weighted by Gasteiger charge is -2.30. The molecule has 102 valence electrons. The van der Waals surface area contributed by atoms with E-state index in [1.54, 1.807) is 0 Å². The van der Waals surface area contributed by atoms with E-state index in [-0.39, 0.29) is 0 Å². The Morgan fingerprint density at radius 1 is 1.21 bits per heavy atom. The fraction of sp³-hybridized carbons (Fsp3) is 0.529. The summed E-state index contributed by atoms with van der Waals surface area (Å²) in [6.45, 7) is 5.36. The Morgan fingerprint density at radius 3 is 2.89 bits per heavy atom. The summed E-state index contributed by atoms with van der Waals surface area (Å²) in [4.78, 5) is 0. The molecule has 1 N–H and O–H groups in total. The van der Waals surface area contributed by atoms with Crippen LogP contribution in [0.1, 0.15) is 49.8 Å². The third-order valence-corrected chi connectivity index (χ3v) is 4.29. The number of likely N-dealkylation sites (N-methyl/N-ethyl adjacent to an activating group) is 1. The molecule has 0 saturated heterocycles. The maximum Gasteiger partial charge on any atom is 0.134 e. The Labute approximate surface area is 115 Å². The third-order valence-electron chi connectivity index (χ3n) is 4.29. The van der Waals surface area contributed by atoms with Crippen LogP contribution in [0, 0.1) is 6.92 Å². The summed E-state index contributed by atoms with van der Waals surface area (Å²) >= 11 is 0. The molecule has 1 aliphatic carbocycles. The average Bonchev–Trinajstić information content (AvgIpc) is 2.82. The van der Waals surface area contributed by atoms with E-state index in [9.17, 15) is 0 Å². The maximum atomic E-state index is 6.10. The Morgan fingerprint density at radius 2 is 2.05 bits per heavy atom. The molecule has 0 aliphatic heterocycles. The Kier molecular flexibility index (Phi) is 3.61. The lowest BCUT2D eigenvalue weighted by atomic mass is 9.83. The van der Waals surface area contributed by atoms with Gasteiger partial charge in [0.2, 0.25) is 0 Å². The molecule has 0 radical (unpaired) electrons. The summed E-state index contributed by atoms with van der Waals surface area (Å²) in [5.74, 6) is 1.72. The van der Waals surface area contributed by atoms with Crippen molar-refractivity contribution in [3.8, 4) is 0 Å². The van der Waals surface area contributed by atoms with Crippen LogP contribution in [-0.4, -0.2) is 12.6 Å². The van der Waals surface area contributed by atoms with Crippen LogP contribution in [0.25, 0.3) is 11.0 Å². The van der Waals surface area contributed by atoms with Gasteiger partial charge in [-0.2, -0.15) is 0 Å². The summed E-state index contributed by atoms with van der Waals surface area (Å²) in [5.41, 5.74) is 2.33. The van der Waals surface area contributed by atoms with E-state index in [4.69, 9.17) is 4.42 Å². The summed E-state index contributed by atoms with van der Waals surface area (Å²) in [5, 5.41) is 4.87. The van der Waals surface area contributed by atoms with E-state index in [1.807, 2.05) is 0 Å². The fourth-order valence-corrected chi connectivity index (χ4v) is 3.34. The van der Waals surface area contributed by atoms with Crippen molar-refractivity contribution in [2.24, 2.45) is 0 Å². The Balaban J connectivity index is 1.92. The smallest absolute Gasteiger partial charge is 0.134 e.